The molecule has 1 saturated carbocycles. The molecular weight excluding hydrogens is 481 g/mol. The van der Waals surface area contributed by atoms with E-state index in [0.29, 0.717) is 19.9 Å². The average Bonchev–Trinajstić information content (AvgIpc) is 3.37. The summed E-state index contributed by atoms with van der Waals surface area (Å²) in [6, 6.07) is 14.4. The molecule has 1 aliphatic heterocycles. The van der Waals surface area contributed by atoms with E-state index < -0.39 is 0 Å². The molecule has 2 aromatic carbocycles. The summed E-state index contributed by atoms with van der Waals surface area (Å²) >= 11 is 0. The maximum Gasteiger partial charge on any atom is 0.231 e. The highest BCUT2D eigenvalue weighted by molar-refractivity contribution is 14.0. The highest BCUT2D eigenvalue weighted by atomic mass is 127. The monoisotopic (exact) mass is 509 g/mol. The standard InChI is InChI=1S/C22H27N3O3.HI/c1-3-26-18-7-5-4-6-16(18)13-24-21(23-2)25-14-22(10-11-22)17-8-9-19-20(12-17)28-15-27-19;/h4-9,12H,3,10-11,13-15H2,1-2H3,(H2,23,24,25);1H. The molecule has 0 saturated heterocycles. The molecule has 0 atom stereocenters. The first-order valence-electron chi connectivity index (χ1n) is 9.79. The van der Waals surface area contributed by atoms with Crippen LogP contribution in [0.4, 0.5) is 0 Å². The van der Waals surface area contributed by atoms with E-state index in [1.807, 2.05) is 31.2 Å². The molecule has 6 nitrogen and oxygen atoms in total. The van der Waals surface area contributed by atoms with Crippen LogP contribution in [0.15, 0.2) is 47.5 Å². The Balaban J connectivity index is 0.00000240. The second-order valence-corrected chi connectivity index (χ2v) is 7.17. The van der Waals surface area contributed by atoms with E-state index in [2.05, 4.69) is 33.8 Å². The van der Waals surface area contributed by atoms with Gasteiger partial charge in [-0.15, -0.1) is 24.0 Å². The van der Waals surface area contributed by atoms with Crippen molar-refractivity contribution in [2.75, 3.05) is 27.0 Å². The van der Waals surface area contributed by atoms with Gasteiger partial charge in [0.2, 0.25) is 6.79 Å². The summed E-state index contributed by atoms with van der Waals surface area (Å²) in [4.78, 5) is 4.37. The number of fused-ring (bicyclic) bond motifs is 1. The van der Waals surface area contributed by atoms with E-state index in [1.165, 1.54) is 5.56 Å². The van der Waals surface area contributed by atoms with Gasteiger partial charge in [0.25, 0.3) is 0 Å². The van der Waals surface area contributed by atoms with Gasteiger partial charge in [0.05, 0.1) is 6.61 Å². The lowest BCUT2D eigenvalue weighted by Crippen LogP contribution is -2.40. The van der Waals surface area contributed by atoms with Gasteiger partial charge >= 0.3 is 0 Å². The molecule has 1 fully saturated rings. The lowest BCUT2D eigenvalue weighted by atomic mass is 9.95. The van der Waals surface area contributed by atoms with Gasteiger partial charge in [0.1, 0.15) is 5.75 Å². The van der Waals surface area contributed by atoms with Crippen LogP contribution in [-0.2, 0) is 12.0 Å². The fourth-order valence-corrected chi connectivity index (χ4v) is 3.54. The third kappa shape index (κ3) is 4.88. The molecule has 2 aromatic rings. The van der Waals surface area contributed by atoms with Crippen LogP contribution in [0.5, 0.6) is 17.2 Å². The lowest BCUT2D eigenvalue weighted by molar-refractivity contribution is 0.174. The first-order valence-corrected chi connectivity index (χ1v) is 9.79. The van der Waals surface area contributed by atoms with Crippen LogP contribution in [0.25, 0.3) is 0 Å². The van der Waals surface area contributed by atoms with Crippen molar-refractivity contribution in [3.63, 3.8) is 0 Å². The largest absolute Gasteiger partial charge is 0.494 e. The summed E-state index contributed by atoms with van der Waals surface area (Å²) in [6.45, 7) is 4.45. The summed E-state index contributed by atoms with van der Waals surface area (Å²) in [5, 5.41) is 6.88. The smallest absolute Gasteiger partial charge is 0.231 e. The van der Waals surface area contributed by atoms with E-state index in [1.54, 1.807) is 7.05 Å². The second kappa shape index (κ2) is 9.56. The molecular formula is C22H28IN3O3. The summed E-state index contributed by atoms with van der Waals surface area (Å²) in [5.41, 5.74) is 2.55. The number of benzene rings is 2. The van der Waals surface area contributed by atoms with Crippen LogP contribution in [0.2, 0.25) is 0 Å². The molecule has 0 spiro atoms. The number of para-hydroxylation sites is 1. The van der Waals surface area contributed by atoms with Crippen LogP contribution in [0.1, 0.15) is 30.9 Å². The molecule has 1 heterocycles. The fraction of sp³-hybridized carbons (Fsp3) is 0.409. The molecule has 0 aromatic heterocycles. The zero-order chi connectivity index (χ0) is 19.4. The predicted molar refractivity (Wildman–Crippen MR) is 125 cm³/mol. The molecule has 4 rings (SSSR count). The molecule has 0 radical (unpaired) electrons. The van der Waals surface area contributed by atoms with Crippen LogP contribution in [-0.4, -0.2) is 33.0 Å². The minimum atomic E-state index is 0. The Morgan fingerprint density at radius 1 is 1.10 bits per heavy atom. The van der Waals surface area contributed by atoms with Crippen LogP contribution in [0, 0.1) is 0 Å². The number of hydrogen-bond acceptors (Lipinski definition) is 4. The maximum atomic E-state index is 5.70. The molecule has 2 aliphatic rings. The normalized spacial score (nSPS) is 16.0. The Hall–Kier alpha value is -2.16. The van der Waals surface area contributed by atoms with Gasteiger partial charge < -0.3 is 24.8 Å². The molecule has 0 bridgehead atoms. The van der Waals surface area contributed by atoms with Crippen LogP contribution < -0.4 is 24.8 Å². The Kier molecular flexibility index (Phi) is 7.10. The molecule has 1 aliphatic carbocycles. The fourth-order valence-electron chi connectivity index (χ4n) is 3.54. The third-order valence-corrected chi connectivity index (χ3v) is 5.38. The number of rotatable bonds is 7. The van der Waals surface area contributed by atoms with Crippen molar-refractivity contribution in [2.45, 2.75) is 31.7 Å². The topological polar surface area (TPSA) is 64.1 Å². The number of nitrogens with one attached hydrogen (secondary N) is 2. The van der Waals surface area contributed by atoms with Crippen molar-refractivity contribution in [1.82, 2.24) is 10.6 Å². The van der Waals surface area contributed by atoms with E-state index in [0.717, 1.165) is 48.2 Å². The highest BCUT2D eigenvalue weighted by Gasteiger charge is 2.44. The van der Waals surface area contributed by atoms with Gasteiger partial charge in [-0.1, -0.05) is 24.3 Å². The Morgan fingerprint density at radius 2 is 1.90 bits per heavy atom. The number of hydrogen-bond donors (Lipinski definition) is 2. The lowest BCUT2D eigenvalue weighted by Gasteiger charge is -2.20. The predicted octanol–water partition coefficient (Wildman–Crippen LogP) is 3.83. The zero-order valence-electron chi connectivity index (χ0n) is 16.9. The van der Waals surface area contributed by atoms with Gasteiger partial charge in [0.15, 0.2) is 17.5 Å². The van der Waals surface area contributed by atoms with Gasteiger partial charge in [0, 0.05) is 31.1 Å². The van der Waals surface area contributed by atoms with E-state index in [-0.39, 0.29) is 29.4 Å². The van der Waals surface area contributed by atoms with Gasteiger partial charge in [-0.05, 0) is 43.5 Å². The quantitative estimate of drug-likeness (QED) is 0.338. The highest BCUT2D eigenvalue weighted by Crippen LogP contribution is 2.49. The van der Waals surface area contributed by atoms with Crippen molar-refractivity contribution in [2.24, 2.45) is 4.99 Å². The average molecular weight is 509 g/mol. The number of halogens is 1. The number of ether oxygens (including phenoxy) is 3. The van der Waals surface area contributed by atoms with Crippen molar-refractivity contribution in [1.29, 1.82) is 0 Å². The number of aliphatic imine (C=N–C) groups is 1. The first-order chi connectivity index (χ1) is 13.7. The maximum absolute atomic E-state index is 5.70. The first kappa shape index (κ1) is 21.5. The minimum absolute atomic E-state index is 0. The molecule has 156 valence electrons. The Labute approximate surface area is 189 Å². The summed E-state index contributed by atoms with van der Waals surface area (Å²) in [6.07, 6.45) is 2.31. The van der Waals surface area contributed by atoms with Gasteiger partial charge in [-0.25, -0.2) is 0 Å². The van der Waals surface area contributed by atoms with Crippen molar-refractivity contribution in [3.05, 3.63) is 53.6 Å². The summed E-state index contributed by atoms with van der Waals surface area (Å²) in [5.74, 6) is 3.38. The van der Waals surface area contributed by atoms with E-state index >= 15 is 0 Å². The zero-order valence-corrected chi connectivity index (χ0v) is 19.2. The minimum Gasteiger partial charge on any atom is -0.494 e. The van der Waals surface area contributed by atoms with Crippen molar-refractivity contribution < 1.29 is 14.2 Å². The van der Waals surface area contributed by atoms with Crippen LogP contribution >= 0.6 is 24.0 Å². The SMILES string of the molecule is CCOc1ccccc1CNC(=NC)NCC1(c2ccc3c(c2)OCO3)CC1.I. The van der Waals surface area contributed by atoms with E-state index in [4.69, 9.17) is 14.2 Å². The van der Waals surface area contributed by atoms with Crippen molar-refractivity contribution >= 4 is 29.9 Å². The molecule has 0 unspecified atom stereocenters. The third-order valence-electron chi connectivity index (χ3n) is 5.38. The van der Waals surface area contributed by atoms with Crippen LogP contribution in [0.3, 0.4) is 0 Å². The Morgan fingerprint density at radius 3 is 2.66 bits per heavy atom. The molecule has 7 heteroatoms. The summed E-state index contributed by atoms with van der Waals surface area (Å²) < 4.78 is 16.7. The molecule has 2 N–H and O–H groups in total. The molecule has 0 amide bonds. The number of guanidine groups is 1. The number of nitrogens with zero attached hydrogens (tertiary/aromatic N) is 1. The van der Waals surface area contributed by atoms with E-state index in [9.17, 15) is 0 Å². The Bertz CT molecular complexity index is 868. The second-order valence-electron chi connectivity index (χ2n) is 7.17. The van der Waals surface area contributed by atoms with Gasteiger partial charge in [-0.2, -0.15) is 0 Å². The summed E-state index contributed by atoms with van der Waals surface area (Å²) in [7, 11) is 1.80. The van der Waals surface area contributed by atoms with Crippen molar-refractivity contribution in [3.8, 4) is 17.2 Å². The molecule has 29 heavy (non-hydrogen) atoms. The van der Waals surface area contributed by atoms with Gasteiger partial charge in [-0.3, -0.25) is 4.99 Å².